The molecule has 0 amide bonds. The van der Waals surface area contributed by atoms with Gasteiger partial charge >= 0.3 is 0 Å². The van der Waals surface area contributed by atoms with Gasteiger partial charge in [-0.05, 0) is 46.9 Å². The van der Waals surface area contributed by atoms with Crippen molar-refractivity contribution in [3.05, 3.63) is 71.4 Å². The predicted octanol–water partition coefficient (Wildman–Crippen LogP) is 3.65. The Hall–Kier alpha value is -2.06. The van der Waals surface area contributed by atoms with Crippen LogP contribution >= 0.6 is 0 Å². The van der Waals surface area contributed by atoms with Gasteiger partial charge in [-0.3, -0.25) is 0 Å². The zero-order chi connectivity index (χ0) is 14.8. The van der Waals surface area contributed by atoms with E-state index in [4.69, 9.17) is 4.74 Å². The lowest BCUT2D eigenvalue weighted by molar-refractivity contribution is 0.0593. The molecular weight excluding hydrogens is 270 g/mol. The Balaban J connectivity index is 1.53. The maximum absolute atomic E-state index is 5.39. The molecule has 0 unspecified atom stereocenters. The van der Waals surface area contributed by atoms with Gasteiger partial charge in [-0.25, -0.2) is 0 Å². The fourth-order valence-electron chi connectivity index (χ4n) is 3.47. The van der Waals surface area contributed by atoms with Crippen LogP contribution < -0.4 is 0 Å². The Morgan fingerprint density at radius 1 is 0.955 bits per heavy atom. The van der Waals surface area contributed by atoms with Crippen molar-refractivity contribution < 1.29 is 4.74 Å². The van der Waals surface area contributed by atoms with Crippen LogP contribution in [-0.2, 0) is 17.6 Å². The first-order valence-electron chi connectivity index (χ1n) is 8.09. The van der Waals surface area contributed by atoms with Gasteiger partial charge in [0, 0.05) is 13.1 Å². The van der Waals surface area contributed by atoms with Crippen molar-refractivity contribution >= 4 is 0 Å². The van der Waals surface area contributed by atoms with Crippen molar-refractivity contribution in [2.24, 2.45) is 0 Å². The molecule has 1 saturated heterocycles. The molecular formula is C20H21NO. The summed E-state index contributed by atoms with van der Waals surface area (Å²) in [6, 6.07) is 15.5. The van der Waals surface area contributed by atoms with Gasteiger partial charge in [-0.1, -0.05) is 48.5 Å². The van der Waals surface area contributed by atoms with E-state index in [0.717, 1.165) is 39.1 Å². The molecule has 0 bridgehead atoms. The largest absolute Gasteiger partial charge is 0.378 e. The van der Waals surface area contributed by atoms with E-state index >= 15 is 0 Å². The van der Waals surface area contributed by atoms with Crippen molar-refractivity contribution in [1.29, 1.82) is 0 Å². The highest BCUT2D eigenvalue weighted by Gasteiger charge is 2.19. The lowest BCUT2D eigenvalue weighted by Gasteiger charge is -2.25. The smallest absolute Gasteiger partial charge is 0.0642 e. The maximum atomic E-state index is 5.39. The summed E-state index contributed by atoms with van der Waals surface area (Å²) in [5, 5.41) is 0. The minimum Gasteiger partial charge on any atom is -0.378 e. The monoisotopic (exact) mass is 291 g/mol. The van der Waals surface area contributed by atoms with Crippen molar-refractivity contribution in [3.8, 4) is 11.1 Å². The van der Waals surface area contributed by atoms with Gasteiger partial charge in [0.25, 0.3) is 0 Å². The molecule has 1 aliphatic carbocycles. The third-order valence-electron chi connectivity index (χ3n) is 4.65. The molecule has 0 radical (unpaired) electrons. The normalized spacial score (nSPS) is 16.8. The predicted molar refractivity (Wildman–Crippen MR) is 89.9 cm³/mol. The summed E-state index contributed by atoms with van der Waals surface area (Å²) in [6.07, 6.45) is 6.62. The fraction of sp³-hybridized carbons (Fsp3) is 0.300. The van der Waals surface area contributed by atoms with Crippen molar-refractivity contribution in [2.45, 2.75) is 12.8 Å². The van der Waals surface area contributed by atoms with E-state index in [1.807, 2.05) is 0 Å². The second-order valence-electron chi connectivity index (χ2n) is 6.01. The van der Waals surface area contributed by atoms with Crippen LogP contribution in [0.15, 0.2) is 54.7 Å². The van der Waals surface area contributed by atoms with E-state index < -0.39 is 0 Å². The zero-order valence-electron chi connectivity index (χ0n) is 12.8. The molecule has 2 nitrogen and oxygen atoms in total. The summed E-state index contributed by atoms with van der Waals surface area (Å²) < 4.78 is 5.39. The Morgan fingerprint density at radius 3 is 2.68 bits per heavy atom. The molecule has 4 rings (SSSR count). The van der Waals surface area contributed by atoms with E-state index in [2.05, 4.69) is 59.6 Å². The van der Waals surface area contributed by atoms with Crippen molar-refractivity contribution in [2.75, 3.05) is 26.3 Å². The third-order valence-corrected chi connectivity index (χ3v) is 4.65. The summed E-state index contributed by atoms with van der Waals surface area (Å²) in [5.41, 5.74) is 7.26. The van der Waals surface area contributed by atoms with E-state index in [9.17, 15) is 0 Å². The number of rotatable bonds is 3. The second-order valence-corrected chi connectivity index (χ2v) is 6.01. The average molecular weight is 291 g/mol. The highest BCUT2D eigenvalue weighted by atomic mass is 16.5. The molecule has 0 N–H and O–H groups in total. The van der Waals surface area contributed by atoms with Crippen molar-refractivity contribution in [1.82, 2.24) is 4.90 Å². The van der Waals surface area contributed by atoms with Crippen LogP contribution in [0.25, 0.3) is 11.1 Å². The molecule has 0 saturated carbocycles. The minimum absolute atomic E-state index is 0.848. The number of benzene rings is 2. The summed E-state index contributed by atoms with van der Waals surface area (Å²) in [7, 11) is 0. The number of morpholine rings is 1. The Morgan fingerprint density at radius 2 is 1.77 bits per heavy atom. The van der Waals surface area contributed by atoms with E-state index in [1.54, 1.807) is 0 Å². The van der Waals surface area contributed by atoms with Gasteiger partial charge in [0.1, 0.15) is 0 Å². The summed E-state index contributed by atoms with van der Waals surface area (Å²) in [4.78, 5) is 2.35. The SMILES string of the molecule is C(=CN1CCOCC1)Cc1cccc2c1Cc1ccccc1-2. The Bertz CT molecular complexity index is 699. The molecule has 0 atom stereocenters. The standard InChI is InChI=1S/C20H21NO/c1-2-8-18-17(5-1)15-20-16(6-3-9-19(18)20)7-4-10-21-11-13-22-14-12-21/h1-6,8-10H,7,11-15H2. The highest BCUT2D eigenvalue weighted by molar-refractivity contribution is 5.77. The molecule has 1 heterocycles. The molecule has 0 aromatic heterocycles. The Labute approximate surface area is 132 Å². The van der Waals surface area contributed by atoms with Crippen LogP contribution in [0, 0.1) is 0 Å². The van der Waals surface area contributed by atoms with Crippen molar-refractivity contribution in [3.63, 3.8) is 0 Å². The molecule has 112 valence electrons. The number of hydrogen-bond acceptors (Lipinski definition) is 2. The fourth-order valence-corrected chi connectivity index (χ4v) is 3.47. The van der Waals surface area contributed by atoms with Gasteiger partial charge in [-0.15, -0.1) is 0 Å². The quantitative estimate of drug-likeness (QED) is 0.730. The van der Waals surface area contributed by atoms with Gasteiger partial charge in [0.15, 0.2) is 0 Å². The van der Waals surface area contributed by atoms with E-state index in [-0.39, 0.29) is 0 Å². The molecule has 1 fully saturated rings. The van der Waals surface area contributed by atoms with Gasteiger partial charge in [0.2, 0.25) is 0 Å². The average Bonchev–Trinajstić information content (AvgIpc) is 2.96. The lowest BCUT2D eigenvalue weighted by Crippen LogP contribution is -2.32. The first-order chi connectivity index (χ1) is 10.9. The molecule has 2 aliphatic rings. The first kappa shape index (κ1) is 13.6. The molecule has 22 heavy (non-hydrogen) atoms. The minimum atomic E-state index is 0.848. The third kappa shape index (κ3) is 2.55. The highest BCUT2D eigenvalue weighted by Crippen LogP contribution is 2.38. The summed E-state index contributed by atoms with van der Waals surface area (Å²) in [5.74, 6) is 0. The first-order valence-corrected chi connectivity index (χ1v) is 8.09. The number of ether oxygens (including phenoxy) is 1. The van der Waals surface area contributed by atoms with Crippen LogP contribution in [0.4, 0.5) is 0 Å². The molecule has 1 aliphatic heterocycles. The van der Waals surface area contributed by atoms with Gasteiger partial charge in [0.05, 0.1) is 13.2 Å². The van der Waals surface area contributed by atoms with Crippen LogP contribution in [0.2, 0.25) is 0 Å². The molecule has 2 aromatic rings. The van der Waals surface area contributed by atoms with Gasteiger partial charge in [-0.2, -0.15) is 0 Å². The number of hydrogen-bond donors (Lipinski definition) is 0. The number of allylic oxidation sites excluding steroid dienone is 1. The van der Waals surface area contributed by atoms with Gasteiger partial charge < -0.3 is 9.64 Å². The molecule has 2 aromatic carbocycles. The molecule has 2 heteroatoms. The van der Waals surface area contributed by atoms with E-state index in [0.29, 0.717) is 0 Å². The maximum Gasteiger partial charge on any atom is 0.0642 e. The van der Waals surface area contributed by atoms with Crippen LogP contribution in [0.1, 0.15) is 16.7 Å². The lowest BCUT2D eigenvalue weighted by atomic mass is 9.99. The zero-order valence-corrected chi connectivity index (χ0v) is 12.8. The topological polar surface area (TPSA) is 12.5 Å². The molecule has 0 spiro atoms. The van der Waals surface area contributed by atoms with Crippen LogP contribution in [0.3, 0.4) is 0 Å². The Kier molecular flexibility index (Phi) is 3.69. The summed E-state index contributed by atoms with van der Waals surface area (Å²) in [6.45, 7) is 3.71. The second kappa shape index (κ2) is 5.98. The summed E-state index contributed by atoms with van der Waals surface area (Å²) >= 11 is 0. The van der Waals surface area contributed by atoms with E-state index in [1.165, 1.54) is 27.8 Å². The number of fused-ring (bicyclic) bond motifs is 3. The number of nitrogens with zero attached hydrogens (tertiary/aromatic N) is 1. The van der Waals surface area contributed by atoms with Crippen LogP contribution in [-0.4, -0.2) is 31.2 Å². The van der Waals surface area contributed by atoms with Crippen LogP contribution in [0.5, 0.6) is 0 Å².